The summed E-state index contributed by atoms with van der Waals surface area (Å²) in [6.07, 6.45) is 4.14. The van der Waals surface area contributed by atoms with Crippen LogP contribution < -0.4 is 5.32 Å². The number of carbonyl (C=O) groups excluding carboxylic acids is 1. The van der Waals surface area contributed by atoms with Gasteiger partial charge in [0.2, 0.25) is 10.0 Å². The fraction of sp³-hybridized carbons (Fsp3) is 0.571. The molecule has 1 amide bonds. The van der Waals surface area contributed by atoms with Crippen LogP contribution in [0.1, 0.15) is 48.3 Å². The average molecular weight is 420 g/mol. The molecule has 8 heteroatoms. The normalized spacial score (nSPS) is 23.1. The zero-order valence-corrected chi connectivity index (χ0v) is 17.8. The lowest BCUT2D eigenvalue weighted by Crippen LogP contribution is -2.49. The van der Waals surface area contributed by atoms with Gasteiger partial charge >= 0.3 is 0 Å². The van der Waals surface area contributed by atoms with E-state index < -0.39 is 10.0 Å². The van der Waals surface area contributed by atoms with Gasteiger partial charge < -0.3 is 15.0 Å². The van der Waals surface area contributed by atoms with Crippen LogP contribution in [-0.2, 0) is 27.6 Å². The van der Waals surface area contributed by atoms with Gasteiger partial charge in [-0.1, -0.05) is 12.1 Å². The third-order valence-electron chi connectivity index (χ3n) is 5.80. The molecular weight excluding hydrogens is 390 g/mol. The van der Waals surface area contributed by atoms with Crippen LogP contribution in [0.15, 0.2) is 18.2 Å². The van der Waals surface area contributed by atoms with Gasteiger partial charge in [0.25, 0.3) is 5.91 Å². The summed E-state index contributed by atoms with van der Waals surface area (Å²) < 4.78 is 32.4. The molecule has 0 bridgehead atoms. The van der Waals surface area contributed by atoms with Gasteiger partial charge in [-0.3, -0.25) is 4.79 Å². The number of nitrogens with one attached hydrogen (secondary N) is 2. The van der Waals surface area contributed by atoms with E-state index in [1.807, 2.05) is 19.9 Å². The minimum absolute atomic E-state index is 0.0814. The summed E-state index contributed by atoms with van der Waals surface area (Å²) in [5.74, 6) is -0.358. The van der Waals surface area contributed by atoms with E-state index in [0.717, 1.165) is 30.2 Å². The standard InChI is InChI=1S/C21H29N3O4S/c1-14-12-24(13-15(2)28-14)29(26,27)11-10-22-21(25)18-8-5-7-17-16-6-3-4-9-19(16)23-20(17)18/h5,7-8,14-15,23H,3-4,6,9-13H2,1-2H3,(H,22,25)/t14-,15+. The van der Waals surface area contributed by atoms with E-state index in [-0.39, 0.29) is 30.4 Å². The summed E-state index contributed by atoms with van der Waals surface area (Å²) in [5.41, 5.74) is 3.97. The smallest absolute Gasteiger partial charge is 0.253 e. The molecule has 2 aliphatic rings. The highest BCUT2D eigenvalue weighted by molar-refractivity contribution is 7.89. The van der Waals surface area contributed by atoms with Crippen molar-refractivity contribution in [3.05, 3.63) is 35.0 Å². The number of H-pyrrole nitrogens is 1. The molecule has 7 nitrogen and oxygen atoms in total. The molecule has 29 heavy (non-hydrogen) atoms. The Hall–Kier alpha value is -1.90. The lowest BCUT2D eigenvalue weighted by Gasteiger charge is -2.34. The van der Waals surface area contributed by atoms with Gasteiger partial charge in [0, 0.05) is 30.7 Å². The molecule has 2 aromatic rings. The van der Waals surface area contributed by atoms with Crippen molar-refractivity contribution in [2.24, 2.45) is 0 Å². The van der Waals surface area contributed by atoms with Gasteiger partial charge in [-0.25, -0.2) is 8.42 Å². The quantitative estimate of drug-likeness (QED) is 0.777. The van der Waals surface area contributed by atoms with Crippen LogP contribution in [0.25, 0.3) is 10.9 Å². The Kier molecular flexibility index (Phi) is 5.68. The fourth-order valence-corrected chi connectivity index (χ4v) is 5.99. The predicted octanol–water partition coefficient (Wildman–Crippen LogP) is 2.22. The molecule has 1 aromatic carbocycles. The van der Waals surface area contributed by atoms with E-state index in [0.29, 0.717) is 18.7 Å². The molecule has 2 heterocycles. The number of fused-ring (bicyclic) bond motifs is 3. The van der Waals surface area contributed by atoms with Crippen LogP contribution >= 0.6 is 0 Å². The van der Waals surface area contributed by atoms with E-state index in [9.17, 15) is 13.2 Å². The molecule has 0 unspecified atom stereocenters. The van der Waals surface area contributed by atoms with Crippen molar-refractivity contribution in [2.45, 2.75) is 51.7 Å². The molecular formula is C21H29N3O4S. The number of hydrogen-bond donors (Lipinski definition) is 2. The van der Waals surface area contributed by atoms with Gasteiger partial charge in [-0.05, 0) is 51.2 Å². The fourth-order valence-electron chi connectivity index (χ4n) is 4.49. The summed E-state index contributed by atoms with van der Waals surface area (Å²) in [5, 5.41) is 3.90. The van der Waals surface area contributed by atoms with E-state index in [1.165, 1.54) is 22.0 Å². The van der Waals surface area contributed by atoms with Crippen LogP contribution in [0.3, 0.4) is 0 Å². The predicted molar refractivity (Wildman–Crippen MR) is 113 cm³/mol. The number of aromatic amines is 1. The number of para-hydroxylation sites is 1. The largest absolute Gasteiger partial charge is 0.373 e. The number of aromatic nitrogens is 1. The maximum absolute atomic E-state index is 12.8. The minimum Gasteiger partial charge on any atom is -0.373 e. The molecule has 1 aromatic heterocycles. The van der Waals surface area contributed by atoms with Gasteiger partial charge in [0.15, 0.2) is 0 Å². The van der Waals surface area contributed by atoms with Crippen LogP contribution in [0.2, 0.25) is 0 Å². The first kappa shape index (κ1) is 20.4. The molecule has 4 rings (SSSR count). The highest BCUT2D eigenvalue weighted by atomic mass is 32.2. The van der Waals surface area contributed by atoms with Crippen molar-refractivity contribution in [3.63, 3.8) is 0 Å². The van der Waals surface area contributed by atoms with Crippen LogP contribution in [0, 0.1) is 0 Å². The number of morpholine rings is 1. The Labute approximate surface area is 171 Å². The van der Waals surface area contributed by atoms with E-state index in [1.54, 1.807) is 6.07 Å². The lowest BCUT2D eigenvalue weighted by molar-refractivity contribution is -0.0440. The molecule has 1 aliphatic heterocycles. The highest BCUT2D eigenvalue weighted by Crippen LogP contribution is 2.30. The van der Waals surface area contributed by atoms with Gasteiger partial charge in [0.1, 0.15) is 0 Å². The molecule has 0 radical (unpaired) electrons. The summed E-state index contributed by atoms with van der Waals surface area (Å²) in [4.78, 5) is 16.2. The second-order valence-electron chi connectivity index (χ2n) is 8.16. The summed E-state index contributed by atoms with van der Waals surface area (Å²) in [7, 11) is -3.44. The van der Waals surface area contributed by atoms with Crippen LogP contribution in [-0.4, -0.2) is 61.2 Å². The van der Waals surface area contributed by atoms with Gasteiger partial charge in [-0.2, -0.15) is 4.31 Å². The van der Waals surface area contributed by atoms with E-state index >= 15 is 0 Å². The van der Waals surface area contributed by atoms with Crippen molar-refractivity contribution >= 4 is 26.8 Å². The SMILES string of the molecule is C[C@@H]1CN(S(=O)(=O)CCNC(=O)c2cccc3c4c([nH]c23)CCCC4)C[C@H](C)O1. The maximum atomic E-state index is 12.8. The molecule has 158 valence electrons. The molecule has 1 aliphatic carbocycles. The number of nitrogens with zero attached hydrogens (tertiary/aromatic N) is 1. The van der Waals surface area contributed by atoms with Crippen LogP contribution in [0.4, 0.5) is 0 Å². The Morgan fingerprint density at radius 2 is 1.93 bits per heavy atom. The number of benzene rings is 1. The Morgan fingerprint density at radius 3 is 2.69 bits per heavy atom. The number of hydrogen-bond acceptors (Lipinski definition) is 4. The average Bonchev–Trinajstić information content (AvgIpc) is 3.05. The Bertz CT molecular complexity index is 1000. The third-order valence-corrected chi connectivity index (χ3v) is 7.61. The van der Waals surface area contributed by atoms with E-state index in [4.69, 9.17) is 4.74 Å². The number of sulfonamides is 1. The molecule has 1 fully saturated rings. The first-order valence-corrected chi connectivity index (χ1v) is 12.0. The van der Waals surface area contributed by atoms with Crippen LogP contribution in [0.5, 0.6) is 0 Å². The number of amides is 1. The molecule has 0 saturated carbocycles. The topological polar surface area (TPSA) is 91.5 Å². The Balaban J connectivity index is 1.43. The first-order chi connectivity index (χ1) is 13.8. The molecule has 0 spiro atoms. The van der Waals surface area contributed by atoms with Crippen molar-refractivity contribution < 1.29 is 17.9 Å². The highest BCUT2D eigenvalue weighted by Gasteiger charge is 2.30. The minimum atomic E-state index is -3.44. The van der Waals surface area contributed by atoms with Crippen molar-refractivity contribution in [3.8, 4) is 0 Å². The second kappa shape index (κ2) is 8.08. The summed E-state index contributed by atoms with van der Waals surface area (Å²) in [6.45, 7) is 4.53. The maximum Gasteiger partial charge on any atom is 0.253 e. The summed E-state index contributed by atoms with van der Waals surface area (Å²) >= 11 is 0. The molecule has 2 N–H and O–H groups in total. The third kappa shape index (κ3) is 4.20. The van der Waals surface area contributed by atoms with Crippen molar-refractivity contribution in [2.75, 3.05) is 25.4 Å². The first-order valence-electron chi connectivity index (χ1n) is 10.4. The number of carbonyl (C=O) groups is 1. The van der Waals surface area contributed by atoms with Gasteiger partial charge in [0.05, 0.1) is 29.0 Å². The Morgan fingerprint density at radius 1 is 1.21 bits per heavy atom. The number of ether oxygens (including phenoxy) is 1. The zero-order chi connectivity index (χ0) is 20.6. The van der Waals surface area contributed by atoms with Crippen molar-refractivity contribution in [1.82, 2.24) is 14.6 Å². The van der Waals surface area contributed by atoms with Crippen molar-refractivity contribution in [1.29, 1.82) is 0 Å². The lowest BCUT2D eigenvalue weighted by atomic mass is 9.95. The molecule has 2 atom stereocenters. The summed E-state index contributed by atoms with van der Waals surface area (Å²) in [6, 6.07) is 5.74. The molecule has 1 saturated heterocycles. The number of aryl methyl sites for hydroxylation is 2. The number of rotatable bonds is 5. The van der Waals surface area contributed by atoms with Gasteiger partial charge in [-0.15, -0.1) is 0 Å². The van der Waals surface area contributed by atoms with E-state index in [2.05, 4.69) is 16.4 Å². The second-order valence-corrected chi connectivity index (χ2v) is 10.3. The monoisotopic (exact) mass is 419 g/mol. The zero-order valence-electron chi connectivity index (χ0n) is 17.0.